The van der Waals surface area contributed by atoms with Crippen LogP contribution >= 0.6 is 0 Å². The predicted molar refractivity (Wildman–Crippen MR) is 33.8 cm³/mol. The Morgan fingerprint density at radius 1 is 1.78 bits per heavy atom. The van der Waals surface area contributed by atoms with E-state index in [4.69, 9.17) is 0 Å². The molecule has 1 saturated carbocycles. The third-order valence-corrected chi connectivity index (χ3v) is 1.83. The molecule has 1 aliphatic rings. The van der Waals surface area contributed by atoms with E-state index >= 15 is 0 Å². The first kappa shape index (κ1) is 6.33. The SMILES string of the molecule is C=C1[C@H](C(=O)OC)[C@H]1C. The van der Waals surface area contributed by atoms with Gasteiger partial charge >= 0.3 is 5.97 Å². The van der Waals surface area contributed by atoms with Gasteiger partial charge in [-0.3, -0.25) is 4.79 Å². The third-order valence-electron chi connectivity index (χ3n) is 1.83. The average molecular weight is 126 g/mol. The molecule has 0 radical (unpaired) electrons. The molecule has 0 unspecified atom stereocenters. The summed E-state index contributed by atoms with van der Waals surface area (Å²) >= 11 is 0. The summed E-state index contributed by atoms with van der Waals surface area (Å²) in [4.78, 5) is 10.7. The van der Waals surface area contributed by atoms with E-state index in [1.54, 1.807) is 0 Å². The smallest absolute Gasteiger partial charge is 0.313 e. The molecule has 0 bridgehead atoms. The van der Waals surface area contributed by atoms with E-state index in [2.05, 4.69) is 11.3 Å². The molecule has 0 spiro atoms. The van der Waals surface area contributed by atoms with Gasteiger partial charge in [-0.15, -0.1) is 0 Å². The minimum absolute atomic E-state index is 0.00463. The molecule has 50 valence electrons. The molecule has 2 heteroatoms. The summed E-state index contributed by atoms with van der Waals surface area (Å²) in [5.74, 6) is 0.194. The van der Waals surface area contributed by atoms with Gasteiger partial charge in [-0.1, -0.05) is 19.1 Å². The van der Waals surface area contributed by atoms with E-state index < -0.39 is 0 Å². The number of methoxy groups -OCH3 is 1. The molecule has 0 aliphatic heterocycles. The molecule has 1 aliphatic carbocycles. The highest BCUT2D eigenvalue weighted by Crippen LogP contribution is 2.44. The lowest BCUT2D eigenvalue weighted by atomic mass is 10.3. The fourth-order valence-electron chi connectivity index (χ4n) is 0.946. The molecule has 2 atom stereocenters. The van der Waals surface area contributed by atoms with Crippen LogP contribution in [0.4, 0.5) is 0 Å². The van der Waals surface area contributed by atoms with Crippen molar-refractivity contribution in [2.75, 3.05) is 7.11 Å². The van der Waals surface area contributed by atoms with Crippen LogP contribution < -0.4 is 0 Å². The summed E-state index contributed by atoms with van der Waals surface area (Å²) in [5.41, 5.74) is 1.00. The van der Waals surface area contributed by atoms with Gasteiger partial charge in [0.1, 0.15) is 0 Å². The highest BCUT2D eigenvalue weighted by Gasteiger charge is 2.44. The summed E-state index contributed by atoms with van der Waals surface area (Å²) in [7, 11) is 1.40. The molecule has 0 heterocycles. The highest BCUT2D eigenvalue weighted by molar-refractivity contribution is 5.81. The molecule has 1 fully saturated rings. The molecule has 0 N–H and O–H groups in total. The lowest BCUT2D eigenvalue weighted by molar-refractivity contribution is -0.142. The Bertz CT molecular complexity index is 160. The van der Waals surface area contributed by atoms with Gasteiger partial charge in [0.2, 0.25) is 0 Å². The van der Waals surface area contributed by atoms with Crippen molar-refractivity contribution in [1.82, 2.24) is 0 Å². The molecule has 0 aromatic rings. The zero-order valence-corrected chi connectivity index (χ0v) is 5.68. The topological polar surface area (TPSA) is 26.3 Å². The van der Waals surface area contributed by atoms with E-state index in [1.165, 1.54) is 7.11 Å². The fraction of sp³-hybridized carbons (Fsp3) is 0.571. The van der Waals surface area contributed by atoms with Crippen LogP contribution in [0.15, 0.2) is 12.2 Å². The van der Waals surface area contributed by atoms with Crippen LogP contribution in [0.5, 0.6) is 0 Å². The number of esters is 1. The Morgan fingerprint density at radius 2 is 2.22 bits per heavy atom. The van der Waals surface area contributed by atoms with Gasteiger partial charge in [0, 0.05) is 0 Å². The summed E-state index contributed by atoms with van der Waals surface area (Å²) in [6.45, 7) is 5.67. The van der Waals surface area contributed by atoms with E-state index in [-0.39, 0.29) is 11.9 Å². The first-order valence-electron chi connectivity index (χ1n) is 2.95. The Kier molecular flexibility index (Phi) is 1.31. The van der Waals surface area contributed by atoms with Crippen LogP contribution in [-0.2, 0) is 9.53 Å². The lowest BCUT2D eigenvalue weighted by Crippen LogP contribution is -2.03. The lowest BCUT2D eigenvalue weighted by Gasteiger charge is -1.91. The molecule has 2 nitrogen and oxygen atoms in total. The monoisotopic (exact) mass is 126 g/mol. The summed E-state index contributed by atoms with van der Waals surface area (Å²) in [6, 6.07) is 0. The summed E-state index contributed by atoms with van der Waals surface area (Å²) in [5, 5.41) is 0. The molecule has 0 aromatic heterocycles. The fourth-order valence-corrected chi connectivity index (χ4v) is 0.946. The van der Waals surface area contributed by atoms with Crippen molar-refractivity contribution < 1.29 is 9.53 Å². The third kappa shape index (κ3) is 0.846. The molecule has 0 saturated heterocycles. The Morgan fingerprint density at radius 3 is 2.33 bits per heavy atom. The van der Waals surface area contributed by atoms with Crippen LogP contribution in [0.2, 0.25) is 0 Å². The molecule has 0 amide bonds. The maximum Gasteiger partial charge on any atom is 0.313 e. The van der Waals surface area contributed by atoms with Crippen molar-refractivity contribution in [2.24, 2.45) is 11.8 Å². The largest absolute Gasteiger partial charge is 0.469 e. The molecular weight excluding hydrogens is 116 g/mol. The maximum atomic E-state index is 10.7. The zero-order chi connectivity index (χ0) is 7.02. The van der Waals surface area contributed by atoms with E-state index in [1.807, 2.05) is 6.92 Å². The molecule has 9 heavy (non-hydrogen) atoms. The number of carbonyl (C=O) groups excluding carboxylic acids is 1. The molecular formula is C7H10O2. The summed E-state index contributed by atoms with van der Waals surface area (Å²) < 4.78 is 4.52. The minimum Gasteiger partial charge on any atom is -0.469 e. The first-order valence-corrected chi connectivity index (χ1v) is 2.95. The van der Waals surface area contributed by atoms with Crippen LogP contribution in [0.1, 0.15) is 6.92 Å². The second-order valence-electron chi connectivity index (χ2n) is 2.36. The Hall–Kier alpha value is -0.790. The van der Waals surface area contributed by atoms with Crippen LogP contribution in [0, 0.1) is 11.8 Å². The van der Waals surface area contributed by atoms with Crippen molar-refractivity contribution in [3.63, 3.8) is 0 Å². The van der Waals surface area contributed by atoms with Crippen LogP contribution in [0.25, 0.3) is 0 Å². The van der Waals surface area contributed by atoms with E-state index in [9.17, 15) is 4.79 Å². The van der Waals surface area contributed by atoms with Crippen molar-refractivity contribution in [3.05, 3.63) is 12.2 Å². The van der Waals surface area contributed by atoms with Crippen molar-refractivity contribution in [3.8, 4) is 0 Å². The zero-order valence-electron chi connectivity index (χ0n) is 5.68. The van der Waals surface area contributed by atoms with Crippen molar-refractivity contribution in [2.45, 2.75) is 6.92 Å². The predicted octanol–water partition coefficient (Wildman–Crippen LogP) is 0.981. The van der Waals surface area contributed by atoms with Gasteiger partial charge in [-0.25, -0.2) is 0 Å². The second-order valence-corrected chi connectivity index (χ2v) is 2.36. The Labute approximate surface area is 54.5 Å². The number of hydrogen-bond acceptors (Lipinski definition) is 2. The van der Waals surface area contributed by atoms with Crippen LogP contribution in [-0.4, -0.2) is 13.1 Å². The van der Waals surface area contributed by atoms with E-state index in [0.717, 1.165) is 5.57 Å². The van der Waals surface area contributed by atoms with Crippen molar-refractivity contribution in [1.29, 1.82) is 0 Å². The van der Waals surface area contributed by atoms with Crippen LogP contribution in [0.3, 0.4) is 0 Å². The quantitative estimate of drug-likeness (QED) is 0.386. The normalized spacial score (nSPS) is 32.0. The Balaban J connectivity index is 2.49. The minimum atomic E-state index is -0.146. The molecule has 0 aromatic carbocycles. The molecule has 1 rings (SSSR count). The maximum absolute atomic E-state index is 10.7. The van der Waals surface area contributed by atoms with Crippen molar-refractivity contribution >= 4 is 5.97 Å². The van der Waals surface area contributed by atoms with Gasteiger partial charge in [-0.2, -0.15) is 0 Å². The number of hydrogen-bond donors (Lipinski definition) is 0. The number of ether oxygens (including phenoxy) is 1. The highest BCUT2D eigenvalue weighted by atomic mass is 16.5. The van der Waals surface area contributed by atoms with Gasteiger partial charge in [-0.05, 0) is 5.92 Å². The van der Waals surface area contributed by atoms with Gasteiger partial charge in [0.15, 0.2) is 0 Å². The summed E-state index contributed by atoms with van der Waals surface area (Å²) in [6.07, 6.45) is 0. The van der Waals surface area contributed by atoms with Gasteiger partial charge in [0.05, 0.1) is 13.0 Å². The van der Waals surface area contributed by atoms with Gasteiger partial charge in [0.25, 0.3) is 0 Å². The standard InChI is InChI=1S/C7H10O2/c1-4-5(2)6(4)7(8)9-3/h5-6H,1H2,2-3H3/t5-,6-/m0/s1. The number of rotatable bonds is 1. The second kappa shape index (κ2) is 1.87. The van der Waals surface area contributed by atoms with E-state index in [0.29, 0.717) is 5.92 Å². The van der Waals surface area contributed by atoms with Gasteiger partial charge < -0.3 is 4.74 Å². The average Bonchev–Trinajstić information content (AvgIpc) is 2.40. The number of carbonyl (C=O) groups is 1. The first-order chi connectivity index (χ1) is 4.18.